The van der Waals surface area contributed by atoms with Crippen LogP contribution in [-0.2, 0) is 5.75 Å². The third-order valence-corrected chi connectivity index (χ3v) is 4.18. The normalized spacial score (nSPS) is 10.9. The van der Waals surface area contributed by atoms with Gasteiger partial charge < -0.3 is 9.84 Å². The SMILES string of the molecule is COc1ccc2cc(CSCCCO)c(Cl)nc2c1. The molecular weight excluding hydrogens is 282 g/mol. The van der Waals surface area contributed by atoms with Gasteiger partial charge in [-0.05, 0) is 30.4 Å². The molecule has 0 aliphatic carbocycles. The minimum atomic E-state index is 0.233. The molecular formula is C14H16ClNO2S. The molecule has 0 saturated heterocycles. The van der Waals surface area contributed by atoms with Gasteiger partial charge in [0.05, 0.1) is 12.6 Å². The summed E-state index contributed by atoms with van der Waals surface area (Å²) in [6, 6.07) is 7.85. The van der Waals surface area contributed by atoms with E-state index in [-0.39, 0.29) is 6.61 Å². The zero-order valence-electron chi connectivity index (χ0n) is 10.7. The number of hydrogen-bond donors (Lipinski definition) is 1. The van der Waals surface area contributed by atoms with E-state index in [4.69, 9.17) is 21.4 Å². The Labute approximate surface area is 121 Å². The average molecular weight is 298 g/mol. The minimum Gasteiger partial charge on any atom is -0.497 e. The summed E-state index contributed by atoms with van der Waals surface area (Å²) in [5.74, 6) is 2.52. The Morgan fingerprint density at radius 3 is 2.95 bits per heavy atom. The van der Waals surface area contributed by atoms with E-state index in [2.05, 4.69) is 11.1 Å². The summed E-state index contributed by atoms with van der Waals surface area (Å²) in [6.45, 7) is 0.233. The topological polar surface area (TPSA) is 42.4 Å². The van der Waals surface area contributed by atoms with Crippen molar-refractivity contribution in [2.75, 3.05) is 19.5 Å². The van der Waals surface area contributed by atoms with E-state index < -0.39 is 0 Å². The predicted octanol–water partition coefficient (Wildman–Crippen LogP) is 3.51. The van der Waals surface area contributed by atoms with E-state index in [1.807, 2.05) is 18.2 Å². The van der Waals surface area contributed by atoms with Gasteiger partial charge in [-0.3, -0.25) is 0 Å². The third-order valence-electron chi connectivity index (χ3n) is 2.76. The maximum Gasteiger partial charge on any atom is 0.133 e. The van der Waals surface area contributed by atoms with Crippen molar-refractivity contribution >= 4 is 34.3 Å². The zero-order chi connectivity index (χ0) is 13.7. The number of hydrogen-bond acceptors (Lipinski definition) is 4. The summed E-state index contributed by atoms with van der Waals surface area (Å²) in [5, 5.41) is 10.3. The Morgan fingerprint density at radius 1 is 1.37 bits per heavy atom. The molecule has 1 aromatic carbocycles. The highest BCUT2D eigenvalue weighted by molar-refractivity contribution is 7.98. The first kappa shape index (κ1) is 14.4. The molecule has 0 amide bonds. The lowest BCUT2D eigenvalue weighted by atomic mass is 10.1. The van der Waals surface area contributed by atoms with Gasteiger partial charge in [-0.25, -0.2) is 4.98 Å². The molecule has 19 heavy (non-hydrogen) atoms. The van der Waals surface area contributed by atoms with Crippen LogP contribution in [0.1, 0.15) is 12.0 Å². The second kappa shape index (κ2) is 6.98. The Bertz CT molecular complexity index is 562. The van der Waals surface area contributed by atoms with Gasteiger partial charge in [0.25, 0.3) is 0 Å². The molecule has 102 valence electrons. The number of benzene rings is 1. The summed E-state index contributed by atoms with van der Waals surface area (Å²) in [6.07, 6.45) is 0.806. The van der Waals surface area contributed by atoms with Gasteiger partial charge in [0.2, 0.25) is 0 Å². The molecule has 0 bridgehead atoms. The molecule has 0 aliphatic heterocycles. The maximum absolute atomic E-state index is 8.75. The van der Waals surface area contributed by atoms with Crippen LogP contribution < -0.4 is 4.74 Å². The predicted molar refractivity (Wildman–Crippen MR) is 81.2 cm³/mol. The molecule has 0 unspecified atom stereocenters. The van der Waals surface area contributed by atoms with E-state index in [1.165, 1.54) is 0 Å². The van der Waals surface area contributed by atoms with Crippen molar-refractivity contribution in [3.05, 3.63) is 35.0 Å². The van der Waals surface area contributed by atoms with E-state index >= 15 is 0 Å². The van der Waals surface area contributed by atoms with Gasteiger partial charge in [0, 0.05) is 29.4 Å². The van der Waals surface area contributed by atoms with Crippen molar-refractivity contribution in [3.8, 4) is 5.75 Å². The molecule has 3 nitrogen and oxygen atoms in total. The monoisotopic (exact) mass is 297 g/mol. The maximum atomic E-state index is 8.75. The first-order valence-electron chi connectivity index (χ1n) is 6.06. The highest BCUT2D eigenvalue weighted by Gasteiger charge is 2.06. The smallest absolute Gasteiger partial charge is 0.133 e. The van der Waals surface area contributed by atoms with Crippen LogP contribution in [0.15, 0.2) is 24.3 Å². The number of pyridine rings is 1. The average Bonchev–Trinajstić information content (AvgIpc) is 2.43. The summed E-state index contributed by atoms with van der Waals surface area (Å²) < 4.78 is 5.17. The van der Waals surface area contributed by atoms with Gasteiger partial charge in [0.15, 0.2) is 0 Å². The highest BCUT2D eigenvalue weighted by Crippen LogP contribution is 2.26. The van der Waals surface area contributed by atoms with E-state index in [0.717, 1.165) is 40.1 Å². The Kier molecular flexibility index (Phi) is 5.31. The van der Waals surface area contributed by atoms with Crippen LogP contribution in [0.25, 0.3) is 10.9 Å². The van der Waals surface area contributed by atoms with Crippen molar-refractivity contribution < 1.29 is 9.84 Å². The van der Waals surface area contributed by atoms with Gasteiger partial charge in [0.1, 0.15) is 10.9 Å². The van der Waals surface area contributed by atoms with Crippen molar-refractivity contribution in [2.45, 2.75) is 12.2 Å². The number of nitrogens with zero attached hydrogens (tertiary/aromatic N) is 1. The fraction of sp³-hybridized carbons (Fsp3) is 0.357. The van der Waals surface area contributed by atoms with Crippen LogP contribution in [0, 0.1) is 0 Å². The minimum absolute atomic E-state index is 0.233. The molecule has 2 aromatic rings. The number of halogens is 1. The lowest BCUT2D eigenvalue weighted by Crippen LogP contribution is -1.92. The quantitative estimate of drug-likeness (QED) is 0.654. The number of aliphatic hydroxyl groups excluding tert-OH is 1. The molecule has 5 heteroatoms. The number of aromatic nitrogens is 1. The molecule has 1 N–H and O–H groups in total. The van der Waals surface area contributed by atoms with E-state index in [0.29, 0.717) is 5.15 Å². The van der Waals surface area contributed by atoms with Crippen LogP contribution in [-0.4, -0.2) is 29.6 Å². The van der Waals surface area contributed by atoms with Gasteiger partial charge >= 0.3 is 0 Å². The van der Waals surface area contributed by atoms with Crippen molar-refractivity contribution in [1.82, 2.24) is 4.98 Å². The van der Waals surface area contributed by atoms with E-state index in [9.17, 15) is 0 Å². The van der Waals surface area contributed by atoms with Crippen LogP contribution in [0.5, 0.6) is 5.75 Å². The standard InChI is InChI=1S/C14H16ClNO2S/c1-18-12-4-3-10-7-11(9-19-6-2-5-17)14(15)16-13(10)8-12/h3-4,7-8,17H,2,5-6,9H2,1H3. The first-order valence-corrected chi connectivity index (χ1v) is 7.59. The summed E-state index contributed by atoms with van der Waals surface area (Å²) in [5.41, 5.74) is 1.87. The third kappa shape index (κ3) is 3.75. The zero-order valence-corrected chi connectivity index (χ0v) is 12.3. The second-order valence-corrected chi connectivity index (χ2v) is 5.59. The van der Waals surface area contributed by atoms with E-state index in [1.54, 1.807) is 18.9 Å². The molecule has 0 aliphatic rings. The summed E-state index contributed by atoms with van der Waals surface area (Å²) in [4.78, 5) is 4.41. The molecule has 0 atom stereocenters. The molecule has 0 saturated carbocycles. The Hall–Kier alpha value is -0.970. The Morgan fingerprint density at radius 2 is 2.21 bits per heavy atom. The molecule has 0 radical (unpaired) electrons. The number of rotatable bonds is 6. The molecule has 1 aromatic heterocycles. The number of methoxy groups -OCH3 is 1. The van der Waals surface area contributed by atoms with Crippen molar-refractivity contribution in [1.29, 1.82) is 0 Å². The van der Waals surface area contributed by atoms with Crippen LogP contribution in [0.4, 0.5) is 0 Å². The number of aliphatic hydroxyl groups is 1. The lowest BCUT2D eigenvalue weighted by molar-refractivity contribution is 0.296. The first-order chi connectivity index (χ1) is 9.24. The van der Waals surface area contributed by atoms with Crippen LogP contribution in [0.3, 0.4) is 0 Å². The molecule has 1 heterocycles. The van der Waals surface area contributed by atoms with Crippen LogP contribution in [0.2, 0.25) is 5.15 Å². The molecule has 0 spiro atoms. The number of thioether (sulfide) groups is 1. The van der Waals surface area contributed by atoms with Crippen LogP contribution >= 0.6 is 23.4 Å². The van der Waals surface area contributed by atoms with Crippen molar-refractivity contribution in [3.63, 3.8) is 0 Å². The Balaban J connectivity index is 2.19. The largest absolute Gasteiger partial charge is 0.497 e. The fourth-order valence-corrected chi connectivity index (χ4v) is 2.95. The van der Waals surface area contributed by atoms with Gasteiger partial charge in [-0.2, -0.15) is 11.8 Å². The second-order valence-electron chi connectivity index (χ2n) is 4.13. The summed E-state index contributed by atoms with van der Waals surface area (Å²) in [7, 11) is 1.63. The van der Waals surface area contributed by atoms with Crippen molar-refractivity contribution in [2.24, 2.45) is 0 Å². The molecule has 2 rings (SSSR count). The van der Waals surface area contributed by atoms with Gasteiger partial charge in [-0.1, -0.05) is 11.6 Å². The lowest BCUT2D eigenvalue weighted by Gasteiger charge is -2.07. The van der Waals surface area contributed by atoms with Gasteiger partial charge in [-0.15, -0.1) is 0 Å². The highest BCUT2D eigenvalue weighted by atomic mass is 35.5. The summed E-state index contributed by atoms with van der Waals surface area (Å²) >= 11 is 7.95. The number of fused-ring (bicyclic) bond motifs is 1. The fourth-order valence-electron chi connectivity index (χ4n) is 1.74. The molecule has 0 fully saturated rings. The number of ether oxygens (including phenoxy) is 1.